The summed E-state index contributed by atoms with van der Waals surface area (Å²) in [6, 6.07) is 0. The van der Waals surface area contributed by atoms with E-state index >= 15 is 0 Å². The van der Waals surface area contributed by atoms with Gasteiger partial charge in [0.15, 0.2) is 0 Å². The second kappa shape index (κ2) is 7.94. The second-order valence-electron chi connectivity index (χ2n) is 12.3. The molecule has 0 radical (unpaired) electrons. The molecule has 1 unspecified atom stereocenters. The Kier molecular flexibility index (Phi) is 5.92. The first-order chi connectivity index (χ1) is 14.1. The average molecular weight is 417 g/mol. The van der Waals surface area contributed by atoms with E-state index in [4.69, 9.17) is 0 Å². The van der Waals surface area contributed by atoms with Gasteiger partial charge in [-0.1, -0.05) is 47.5 Å². The van der Waals surface area contributed by atoms with Crippen molar-refractivity contribution in [2.45, 2.75) is 105 Å². The Morgan fingerprint density at radius 1 is 1.07 bits per heavy atom. The molecule has 0 saturated heterocycles. The van der Waals surface area contributed by atoms with E-state index in [1.54, 1.807) is 0 Å². The number of aliphatic hydroxyl groups excluding tert-OH is 2. The molecule has 0 spiro atoms. The van der Waals surface area contributed by atoms with Crippen LogP contribution >= 0.6 is 0 Å². The van der Waals surface area contributed by atoms with Crippen LogP contribution in [0.25, 0.3) is 0 Å². The molecular formula is C27H44O3. The monoisotopic (exact) mass is 416 g/mol. The van der Waals surface area contributed by atoms with Crippen LogP contribution in [0.5, 0.6) is 0 Å². The van der Waals surface area contributed by atoms with E-state index in [9.17, 15) is 15.0 Å². The molecule has 0 amide bonds. The lowest BCUT2D eigenvalue weighted by Crippen LogP contribution is -2.52. The fraction of sp³-hybridized carbons (Fsp3) is 0.889. The highest BCUT2D eigenvalue weighted by molar-refractivity contribution is 5.85. The van der Waals surface area contributed by atoms with Gasteiger partial charge in [0, 0.05) is 18.8 Å². The predicted octanol–water partition coefficient (Wildman–Crippen LogP) is 6.45. The maximum atomic E-state index is 13.3. The summed E-state index contributed by atoms with van der Waals surface area (Å²) in [5.74, 6) is 3.73. The van der Waals surface area contributed by atoms with Crippen LogP contribution < -0.4 is 0 Å². The van der Waals surface area contributed by atoms with Gasteiger partial charge in [-0.05, 0) is 84.5 Å². The number of carbonyl (C=O) groups excluding carboxylic acids is 1. The molecule has 0 aromatic heterocycles. The van der Waals surface area contributed by atoms with Crippen molar-refractivity contribution in [3.05, 3.63) is 11.3 Å². The van der Waals surface area contributed by atoms with Crippen molar-refractivity contribution in [3.63, 3.8) is 0 Å². The van der Waals surface area contributed by atoms with E-state index in [-0.39, 0.29) is 22.9 Å². The molecule has 8 atom stereocenters. The van der Waals surface area contributed by atoms with Crippen LogP contribution in [0.15, 0.2) is 11.3 Å². The molecule has 2 N–H and O–H groups in total. The van der Waals surface area contributed by atoms with Crippen molar-refractivity contribution in [2.75, 3.05) is 0 Å². The summed E-state index contributed by atoms with van der Waals surface area (Å²) < 4.78 is 0. The van der Waals surface area contributed by atoms with E-state index in [0.717, 1.165) is 50.9 Å². The lowest BCUT2D eigenvalue weighted by atomic mass is 9.46. The van der Waals surface area contributed by atoms with Crippen LogP contribution in [0.2, 0.25) is 0 Å². The van der Waals surface area contributed by atoms with Crippen molar-refractivity contribution >= 4 is 5.78 Å². The fourth-order valence-electron chi connectivity index (χ4n) is 8.68. The standard InChI is InChI=1S/C27H44O3/c1-16(2)7-6-8-17(3)25-24(30)14-22-19-13-23(29)21-10-9-18(28)15-27(21,5)20(19)11-12-26(22,25)4/h16-20,22,25,28-29H,6-15H2,1-5H3/t17-,18?,19-,20+,22+,25+,26+,27-/m1/s1. The van der Waals surface area contributed by atoms with E-state index < -0.39 is 0 Å². The molecule has 0 aromatic rings. The maximum Gasteiger partial charge on any atom is 0.137 e. The smallest absolute Gasteiger partial charge is 0.137 e. The molecule has 0 aliphatic heterocycles. The number of allylic oxidation sites excluding steroid dienone is 2. The van der Waals surface area contributed by atoms with E-state index in [1.165, 1.54) is 18.4 Å². The molecule has 0 bridgehead atoms. The molecule has 3 heteroatoms. The minimum Gasteiger partial charge on any atom is -0.512 e. The van der Waals surface area contributed by atoms with Crippen LogP contribution in [-0.4, -0.2) is 22.1 Å². The molecule has 3 saturated carbocycles. The number of rotatable bonds is 5. The lowest BCUT2D eigenvalue weighted by Gasteiger charge is -2.58. The highest BCUT2D eigenvalue weighted by atomic mass is 16.3. The molecule has 3 fully saturated rings. The predicted molar refractivity (Wildman–Crippen MR) is 121 cm³/mol. The van der Waals surface area contributed by atoms with Crippen LogP contribution in [-0.2, 0) is 4.79 Å². The number of hydrogen-bond donors (Lipinski definition) is 2. The van der Waals surface area contributed by atoms with E-state index in [1.807, 2.05) is 0 Å². The number of carbonyl (C=O) groups is 1. The number of Topliss-reactive ketones (excluding diaryl/α,β-unsaturated/α-hetero) is 1. The first kappa shape index (κ1) is 22.4. The van der Waals surface area contributed by atoms with Crippen molar-refractivity contribution in [1.29, 1.82) is 0 Å². The third-order valence-corrected chi connectivity index (χ3v) is 10.0. The summed E-state index contributed by atoms with van der Waals surface area (Å²) in [4.78, 5) is 13.3. The first-order valence-electron chi connectivity index (χ1n) is 12.7. The Hall–Kier alpha value is -0.830. The average Bonchev–Trinajstić information content (AvgIpc) is 2.91. The second-order valence-corrected chi connectivity index (χ2v) is 12.3. The van der Waals surface area contributed by atoms with E-state index in [0.29, 0.717) is 41.6 Å². The van der Waals surface area contributed by atoms with Gasteiger partial charge < -0.3 is 10.2 Å². The number of aliphatic hydroxyl groups is 2. The van der Waals surface area contributed by atoms with Gasteiger partial charge in [0.2, 0.25) is 0 Å². The third-order valence-electron chi connectivity index (χ3n) is 10.0. The van der Waals surface area contributed by atoms with Crippen LogP contribution in [0.3, 0.4) is 0 Å². The molecule has 170 valence electrons. The third kappa shape index (κ3) is 3.48. The zero-order chi connectivity index (χ0) is 21.8. The zero-order valence-electron chi connectivity index (χ0n) is 19.9. The lowest BCUT2D eigenvalue weighted by molar-refractivity contribution is -0.124. The SMILES string of the molecule is CC(C)CCC[C@@H](C)[C@H]1C(=O)C[C@H]2[C@@H]3CC(O)=C4CCC(O)C[C@]4(C)[C@H]3CC[C@]12C. The van der Waals surface area contributed by atoms with Gasteiger partial charge in [-0.3, -0.25) is 4.79 Å². The molecular weight excluding hydrogens is 372 g/mol. The Balaban J connectivity index is 1.58. The van der Waals surface area contributed by atoms with Crippen molar-refractivity contribution < 1.29 is 15.0 Å². The highest BCUT2D eigenvalue weighted by Crippen LogP contribution is 2.67. The topological polar surface area (TPSA) is 57.5 Å². The summed E-state index contributed by atoms with van der Waals surface area (Å²) >= 11 is 0. The maximum absolute atomic E-state index is 13.3. The van der Waals surface area contributed by atoms with Crippen LogP contribution in [0.1, 0.15) is 98.8 Å². The fourth-order valence-corrected chi connectivity index (χ4v) is 8.68. The minimum absolute atomic E-state index is 0.0803. The quantitative estimate of drug-likeness (QED) is 0.541. The summed E-state index contributed by atoms with van der Waals surface area (Å²) in [7, 11) is 0. The van der Waals surface area contributed by atoms with Crippen LogP contribution in [0.4, 0.5) is 0 Å². The highest BCUT2D eigenvalue weighted by Gasteiger charge is 2.62. The summed E-state index contributed by atoms with van der Waals surface area (Å²) in [6.07, 6.45) is 9.50. The van der Waals surface area contributed by atoms with Gasteiger partial charge in [-0.25, -0.2) is 0 Å². The Labute approximate surface area is 183 Å². The molecule has 0 heterocycles. The zero-order valence-corrected chi connectivity index (χ0v) is 19.9. The molecule has 0 aromatic carbocycles. The van der Waals surface area contributed by atoms with Gasteiger partial charge in [-0.2, -0.15) is 0 Å². The van der Waals surface area contributed by atoms with Gasteiger partial charge >= 0.3 is 0 Å². The molecule has 4 aliphatic carbocycles. The number of ketones is 1. The van der Waals surface area contributed by atoms with Crippen LogP contribution in [0, 0.1) is 46.3 Å². The van der Waals surface area contributed by atoms with Crippen molar-refractivity contribution in [3.8, 4) is 0 Å². The number of hydrogen-bond acceptors (Lipinski definition) is 3. The van der Waals surface area contributed by atoms with Gasteiger partial charge in [0.1, 0.15) is 5.78 Å². The summed E-state index contributed by atoms with van der Waals surface area (Å²) in [6.45, 7) is 11.6. The largest absolute Gasteiger partial charge is 0.512 e. The summed E-state index contributed by atoms with van der Waals surface area (Å²) in [5, 5.41) is 21.5. The Morgan fingerprint density at radius 2 is 1.80 bits per heavy atom. The Bertz CT molecular complexity index is 709. The van der Waals surface area contributed by atoms with Crippen molar-refractivity contribution in [2.24, 2.45) is 46.3 Å². The van der Waals surface area contributed by atoms with Gasteiger partial charge in [-0.15, -0.1) is 0 Å². The first-order valence-corrected chi connectivity index (χ1v) is 12.7. The van der Waals surface area contributed by atoms with Gasteiger partial charge in [0.25, 0.3) is 0 Å². The molecule has 30 heavy (non-hydrogen) atoms. The van der Waals surface area contributed by atoms with Crippen molar-refractivity contribution in [1.82, 2.24) is 0 Å². The van der Waals surface area contributed by atoms with E-state index in [2.05, 4.69) is 34.6 Å². The summed E-state index contributed by atoms with van der Waals surface area (Å²) in [5.41, 5.74) is 1.22. The number of fused-ring (bicyclic) bond motifs is 5. The minimum atomic E-state index is -0.252. The molecule has 4 aliphatic rings. The molecule has 3 nitrogen and oxygen atoms in total. The normalized spacial score (nSPS) is 44.6. The Morgan fingerprint density at radius 3 is 2.50 bits per heavy atom. The van der Waals surface area contributed by atoms with Gasteiger partial charge in [0.05, 0.1) is 11.9 Å². The molecule has 4 rings (SSSR count).